The average molecular weight is 313 g/mol. The van der Waals surface area contributed by atoms with Gasteiger partial charge in [-0.05, 0) is 31.2 Å². The first-order valence-corrected chi connectivity index (χ1v) is 7.04. The Hall–Kier alpha value is -3.16. The van der Waals surface area contributed by atoms with E-state index < -0.39 is 11.5 Å². The molecule has 0 aliphatic carbocycles. The number of rotatable bonds is 5. The van der Waals surface area contributed by atoms with Gasteiger partial charge in [0.2, 0.25) is 0 Å². The first kappa shape index (κ1) is 14.8. The van der Waals surface area contributed by atoms with Crippen molar-refractivity contribution in [3.8, 4) is 11.5 Å². The molecule has 8 heteroatoms. The maximum atomic E-state index is 12.2. The van der Waals surface area contributed by atoms with Crippen molar-refractivity contribution in [2.75, 3.05) is 0 Å². The predicted octanol–water partition coefficient (Wildman–Crippen LogP) is 1.04. The largest absolute Gasteiger partial charge is 0.463 e. The molecule has 0 fully saturated rings. The van der Waals surface area contributed by atoms with Gasteiger partial charge in [-0.1, -0.05) is 0 Å². The van der Waals surface area contributed by atoms with Gasteiger partial charge < -0.3 is 14.7 Å². The molecule has 0 radical (unpaired) electrons. The van der Waals surface area contributed by atoms with Crippen molar-refractivity contribution in [3.63, 3.8) is 0 Å². The number of aromatic nitrogens is 4. The second kappa shape index (κ2) is 6.30. The Kier molecular flexibility index (Phi) is 4.05. The van der Waals surface area contributed by atoms with Gasteiger partial charge in [0.1, 0.15) is 24.0 Å². The number of furan rings is 1. The van der Waals surface area contributed by atoms with E-state index in [0.717, 1.165) is 0 Å². The fraction of sp³-hybridized carbons (Fsp3) is 0.200. The zero-order valence-electron chi connectivity index (χ0n) is 12.4. The highest BCUT2D eigenvalue weighted by Gasteiger charge is 2.15. The first-order valence-electron chi connectivity index (χ1n) is 7.04. The third-order valence-corrected chi connectivity index (χ3v) is 3.25. The van der Waals surface area contributed by atoms with Crippen LogP contribution < -0.4 is 10.9 Å². The molecule has 0 aliphatic heterocycles. The zero-order chi connectivity index (χ0) is 16.2. The highest BCUT2D eigenvalue weighted by atomic mass is 16.3. The highest BCUT2D eigenvalue weighted by Crippen LogP contribution is 2.15. The third-order valence-electron chi connectivity index (χ3n) is 3.25. The molecule has 2 N–H and O–H groups in total. The SMILES string of the molecule is CC(Cn1cncn1)NC(=O)c1ccc(-c2ccco2)[nH]c1=O. The van der Waals surface area contributed by atoms with E-state index in [9.17, 15) is 9.59 Å². The van der Waals surface area contributed by atoms with Gasteiger partial charge in [-0.2, -0.15) is 5.10 Å². The smallest absolute Gasteiger partial charge is 0.261 e. The van der Waals surface area contributed by atoms with Crippen LogP contribution in [0.15, 0.2) is 52.4 Å². The van der Waals surface area contributed by atoms with E-state index >= 15 is 0 Å². The lowest BCUT2D eigenvalue weighted by molar-refractivity contribution is 0.0934. The summed E-state index contributed by atoms with van der Waals surface area (Å²) >= 11 is 0. The van der Waals surface area contributed by atoms with Crippen LogP contribution >= 0.6 is 0 Å². The van der Waals surface area contributed by atoms with Crippen molar-refractivity contribution in [1.29, 1.82) is 0 Å². The lowest BCUT2D eigenvalue weighted by Gasteiger charge is -2.13. The van der Waals surface area contributed by atoms with Gasteiger partial charge >= 0.3 is 0 Å². The Morgan fingerprint density at radius 3 is 2.96 bits per heavy atom. The molecule has 8 nitrogen and oxygen atoms in total. The third kappa shape index (κ3) is 3.37. The zero-order valence-corrected chi connectivity index (χ0v) is 12.4. The van der Waals surface area contributed by atoms with Crippen molar-refractivity contribution in [3.05, 3.63) is 59.1 Å². The first-order chi connectivity index (χ1) is 11.1. The number of carbonyl (C=O) groups excluding carboxylic acids is 1. The number of aromatic amines is 1. The molecule has 0 spiro atoms. The van der Waals surface area contributed by atoms with E-state index in [1.165, 1.54) is 18.7 Å². The number of carbonyl (C=O) groups is 1. The van der Waals surface area contributed by atoms with Gasteiger partial charge in [0, 0.05) is 6.04 Å². The minimum atomic E-state index is -0.468. The Labute approximate surface area is 131 Å². The molecule has 3 aromatic rings. The van der Waals surface area contributed by atoms with Gasteiger partial charge in [-0.15, -0.1) is 0 Å². The fourth-order valence-electron chi connectivity index (χ4n) is 2.18. The van der Waals surface area contributed by atoms with Crippen molar-refractivity contribution in [2.24, 2.45) is 0 Å². The second-order valence-corrected chi connectivity index (χ2v) is 5.08. The summed E-state index contributed by atoms with van der Waals surface area (Å²) in [7, 11) is 0. The molecular formula is C15H15N5O3. The summed E-state index contributed by atoms with van der Waals surface area (Å²) in [5.74, 6) is 0.0958. The lowest BCUT2D eigenvalue weighted by Crippen LogP contribution is -2.38. The molecule has 3 aromatic heterocycles. The van der Waals surface area contributed by atoms with Crippen molar-refractivity contribution < 1.29 is 9.21 Å². The summed E-state index contributed by atoms with van der Waals surface area (Å²) in [6, 6.07) is 6.37. The number of hydrogen-bond acceptors (Lipinski definition) is 5. The number of H-pyrrole nitrogens is 1. The molecule has 3 heterocycles. The van der Waals surface area contributed by atoms with Crippen LogP contribution in [0.5, 0.6) is 0 Å². The normalized spacial score (nSPS) is 12.0. The Balaban J connectivity index is 1.71. The molecular weight excluding hydrogens is 298 g/mol. The van der Waals surface area contributed by atoms with Gasteiger partial charge in [0.15, 0.2) is 0 Å². The minimum Gasteiger partial charge on any atom is -0.463 e. The van der Waals surface area contributed by atoms with E-state index in [1.807, 2.05) is 6.92 Å². The van der Waals surface area contributed by atoms with Crippen LogP contribution in [0, 0.1) is 0 Å². The van der Waals surface area contributed by atoms with Crippen LogP contribution in [-0.2, 0) is 6.54 Å². The molecule has 3 rings (SSSR count). The van der Waals surface area contributed by atoms with E-state index in [0.29, 0.717) is 18.0 Å². The van der Waals surface area contributed by atoms with E-state index in [4.69, 9.17) is 4.42 Å². The van der Waals surface area contributed by atoms with Gasteiger partial charge in [-0.3, -0.25) is 14.3 Å². The predicted molar refractivity (Wildman–Crippen MR) is 81.7 cm³/mol. The van der Waals surface area contributed by atoms with Crippen LogP contribution in [-0.4, -0.2) is 31.7 Å². The van der Waals surface area contributed by atoms with Crippen molar-refractivity contribution >= 4 is 5.91 Å². The summed E-state index contributed by atoms with van der Waals surface area (Å²) in [5, 5.41) is 6.73. The number of hydrogen-bond donors (Lipinski definition) is 2. The molecule has 1 amide bonds. The quantitative estimate of drug-likeness (QED) is 0.732. The van der Waals surface area contributed by atoms with Gasteiger partial charge in [0.05, 0.1) is 18.5 Å². The van der Waals surface area contributed by atoms with E-state index in [1.54, 1.807) is 29.2 Å². The number of amides is 1. The molecule has 23 heavy (non-hydrogen) atoms. The van der Waals surface area contributed by atoms with Crippen molar-refractivity contribution in [1.82, 2.24) is 25.1 Å². The summed E-state index contributed by atoms with van der Waals surface area (Å²) in [5.41, 5.74) is 0.0994. The van der Waals surface area contributed by atoms with Crippen LogP contribution in [0.1, 0.15) is 17.3 Å². The van der Waals surface area contributed by atoms with Crippen LogP contribution in [0.4, 0.5) is 0 Å². The van der Waals surface area contributed by atoms with Crippen LogP contribution in [0.2, 0.25) is 0 Å². The minimum absolute atomic E-state index is 0.0470. The molecule has 1 unspecified atom stereocenters. The Bertz CT molecular complexity index is 836. The second-order valence-electron chi connectivity index (χ2n) is 5.08. The molecule has 0 aliphatic rings. The maximum Gasteiger partial charge on any atom is 0.261 e. The van der Waals surface area contributed by atoms with Crippen LogP contribution in [0.25, 0.3) is 11.5 Å². The molecule has 118 valence electrons. The fourth-order valence-corrected chi connectivity index (χ4v) is 2.18. The van der Waals surface area contributed by atoms with Gasteiger partial charge in [-0.25, -0.2) is 4.98 Å². The Morgan fingerprint density at radius 2 is 2.30 bits per heavy atom. The molecule has 0 bridgehead atoms. The Morgan fingerprint density at radius 1 is 1.43 bits per heavy atom. The van der Waals surface area contributed by atoms with Crippen LogP contribution in [0.3, 0.4) is 0 Å². The molecule has 0 aromatic carbocycles. The lowest BCUT2D eigenvalue weighted by atomic mass is 10.2. The maximum absolute atomic E-state index is 12.2. The van der Waals surface area contributed by atoms with Crippen molar-refractivity contribution in [2.45, 2.75) is 19.5 Å². The highest BCUT2D eigenvalue weighted by molar-refractivity contribution is 5.94. The van der Waals surface area contributed by atoms with E-state index in [-0.39, 0.29) is 11.6 Å². The summed E-state index contributed by atoms with van der Waals surface area (Å²) in [6.45, 7) is 2.29. The topological polar surface area (TPSA) is 106 Å². The standard InChI is InChI=1S/C15H15N5O3/c1-10(7-20-9-16-8-17-20)18-14(21)11-4-5-12(19-15(11)22)13-3-2-6-23-13/h2-6,8-10H,7H2,1H3,(H,18,21)(H,19,22). The summed E-state index contributed by atoms with van der Waals surface area (Å²) < 4.78 is 6.82. The molecule has 1 atom stereocenters. The van der Waals surface area contributed by atoms with Gasteiger partial charge in [0.25, 0.3) is 11.5 Å². The number of nitrogens with one attached hydrogen (secondary N) is 2. The number of nitrogens with zero attached hydrogens (tertiary/aromatic N) is 3. The number of pyridine rings is 1. The molecule has 0 saturated carbocycles. The monoisotopic (exact) mass is 313 g/mol. The molecule has 0 saturated heterocycles. The average Bonchev–Trinajstić information content (AvgIpc) is 3.19. The summed E-state index contributed by atoms with van der Waals surface area (Å²) in [4.78, 5) is 30.8. The van der Waals surface area contributed by atoms with E-state index in [2.05, 4.69) is 20.4 Å². The summed E-state index contributed by atoms with van der Waals surface area (Å²) in [6.07, 6.45) is 4.50.